The van der Waals surface area contributed by atoms with E-state index in [1.807, 2.05) is 0 Å². The summed E-state index contributed by atoms with van der Waals surface area (Å²) in [6.07, 6.45) is 2.61. The highest BCUT2D eigenvalue weighted by molar-refractivity contribution is 5.83. The van der Waals surface area contributed by atoms with Crippen LogP contribution in [-0.2, 0) is 19.0 Å². The van der Waals surface area contributed by atoms with Gasteiger partial charge in [0.05, 0.1) is 0 Å². The van der Waals surface area contributed by atoms with Crippen molar-refractivity contribution in [2.24, 2.45) is 0 Å². The highest BCUT2D eigenvalue weighted by Crippen LogP contribution is 2.11. The van der Waals surface area contributed by atoms with E-state index < -0.39 is 0 Å². The topological polar surface area (TPSA) is 44.8 Å². The molecule has 0 aliphatic carbocycles. The molecule has 0 unspecified atom stereocenters. The second-order valence-corrected chi connectivity index (χ2v) is 2.54. The van der Waals surface area contributed by atoms with Gasteiger partial charge < -0.3 is 14.2 Å². The van der Waals surface area contributed by atoms with Crippen molar-refractivity contribution in [3.8, 4) is 0 Å². The Morgan fingerprint density at radius 3 is 3.00 bits per heavy atom. The van der Waals surface area contributed by atoms with Crippen LogP contribution in [0.5, 0.6) is 0 Å². The summed E-state index contributed by atoms with van der Waals surface area (Å²) < 4.78 is 14.8. The molecule has 0 aromatic carbocycles. The van der Waals surface area contributed by atoms with Crippen LogP contribution in [0.1, 0.15) is 6.92 Å². The Kier molecular flexibility index (Phi) is 3.25. The van der Waals surface area contributed by atoms with Gasteiger partial charge in [0.15, 0.2) is 0 Å². The Morgan fingerprint density at radius 2 is 2.42 bits per heavy atom. The molecule has 4 heteroatoms. The average molecular weight is 172 g/mol. The molecule has 0 N–H and O–H groups in total. The third kappa shape index (κ3) is 2.32. The molecule has 1 aliphatic heterocycles. The Hall–Kier alpha value is -0.870. The van der Waals surface area contributed by atoms with Crippen molar-refractivity contribution in [1.29, 1.82) is 0 Å². The number of rotatable bonds is 3. The molecule has 0 amide bonds. The van der Waals surface area contributed by atoms with Crippen molar-refractivity contribution in [1.82, 2.24) is 0 Å². The second-order valence-electron chi connectivity index (χ2n) is 2.54. The van der Waals surface area contributed by atoms with E-state index >= 15 is 0 Å². The number of hydrogen-bond donors (Lipinski definition) is 0. The van der Waals surface area contributed by atoms with E-state index in [0.29, 0.717) is 0 Å². The van der Waals surface area contributed by atoms with Gasteiger partial charge in [-0.15, -0.1) is 0 Å². The zero-order chi connectivity index (χ0) is 8.97. The lowest BCUT2D eigenvalue weighted by atomic mass is 10.2. The van der Waals surface area contributed by atoms with Crippen molar-refractivity contribution in [3.63, 3.8) is 0 Å². The number of carbonyl (C=O) groups excluding carboxylic acids is 1. The maximum absolute atomic E-state index is 10.7. The molecule has 4 nitrogen and oxygen atoms in total. The molecule has 1 rings (SSSR count). The predicted octanol–water partition coefficient (Wildman–Crippen LogP) is 0.477. The van der Waals surface area contributed by atoms with E-state index in [0.717, 1.165) is 0 Å². The number of cyclic esters (lactones) is 1. The summed E-state index contributed by atoms with van der Waals surface area (Å²) in [5.41, 5.74) is 0. The number of ether oxygens (including phenoxy) is 3. The van der Waals surface area contributed by atoms with Crippen LogP contribution >= 0.6 is 0 Å². The van der Waals surface area contributed by atoms with Crippen molar-refractivity contribution >= 4 is 5.97 Å². The van der Waals surface area contributed by atoms with Gasteiger partial charge in [0.1, 0.15) is 19.0 Å². The highest BCUT2D eigenvalue weighted by Gasteiger charge is 2.22. The second kappa shape index (κ2) is 4.23. The van der Waals surface area contributed by atoms with Gasteiger partial charge in [-0.3, -0.25) is 0 Å². The Balaban J connectivity index is 2.43. The lowest BCUT2D eigenvalue weighted by Crippen LogP contribution is -2.33. The van der Waals surface area contributed by atoms with Crippen LogP contribution in [0, 0.1) is 0 Å². The highest BCUT2D eigenvalue weighted by atomic mass is 16.7. The molecular formula is C8H12O4. The van der Waals surface area contributed by atoms with Gasteiger partial charge in [-0.2, -0.15) is 0 Å². The fourth-order valence-corrected chi connectivity index (χ4v) is 0.957. The van der Waals surface area contributed by atoms with Crippen LogP contribution < -0.4 is 0 Å². The van der Waals surface area contributed by atoms with Crippen molar-refractivity contribution < 1.29 is 19.0 Å². The number of methoxy groups -OCH3 is 1. The van der Waals surface area contributed by atoms with Crippen LogP contribution in [-0.4, -0.2) is 32.1 Å². The molecule has 1 aliphatic rings. The van der Waals surface area contributed by atoms with Crippen LogP contribution in [0.15, 0.2) is 12.2 Å². The molecule has 0 bridgehead atoms. The van der Waals surface area contributed by atoms with Gasteiger partial charge >= 0.3 is 5.97 Å². The summed E-state index contributed by atoms with van der Waals surface area (Å²) in [7, 11) is 1.54. The van der Waals surface area contributed by atoms with Crippen molar-refractivity contribution in [2.75, 3.05) is 13.9 Å². The molecule has 0 fully saturated rings. The predicted molar refractivity (Wildman–Crippen MR) is 41.4 cm³/mol. The fourth-order valence-electron chi connectivity index (χ4n) is 0.957. The minimum atomic E-state index is -0.320. The summed E-state index contributed by atoms with van der Waals surface area (Å²) >= 11 is 0. The van der Waals surface area contributed by atoms with E-state index in [1.54, 1.807) is 20.1 Å². The minimum absolute atomic E-state index is 0.192. The van der Waals surface area contributed by atoms with Crippen molar-refractivity contribution in [3.05, 3.63) is 12.2 Å². The number of esters is 1. The van der Waals surface area contributed by atoms with Gasteiger partial charge in [-0.1, -0.05) is 0 Å². The quantitative estimate of drug-likeness (QED) is 0.458. The standard InChI is InChI=1S/C8H12O4/c1-6-7(11-5-10-2)3-4-8(9)12-6/h3-4,6-7H,5H2,1-2H3/t6-,7+/m0/s1. The molecule has 0 aromatic rings. The zero-order valence-corrected chi connectivity index (χ0v) is 7.15. The Labute approximate surface area is 71.1 Å². The monoisotopic (exact) mass is 172 g/mol. The van der Waals surface area contributed by atoms with Gasteiger partial charge in [0, 0.05) is 13.2 Å². The maximum Gasteiger partial charge on any atom is 0.330 e. The molecule has 0 aromatic heterocycles. The first-order valence-corrected chi connectivity index (χ1v) is 3.73. The van der Waals surface area contributed by atoms with Crippen LogP contribution in [0.2, 0.25) is 0 Å². The summed E-state index contributed by atoms with van der Waals surface area (Å²) in [4.78, 5) is 10.7. The van der Waals surface area contributed by atoms with E-state index in [1.165, 1.54) is 6.08 Å². The molecular weight excluding hydrogens is 160 g/mol. The average Bonchev–Trinajstić information content (AvgIpc) is 2.03. The maximum atomic E-state index is 10.7. The Bertz CT molecular complexity index is 187. The lowest BCUT2D eigenvalue weighted by molar-refractivity contribution is -0.156. The first-order valence-electron chi connectivity index (χ1n) is 3.73. The van der Waals surface area contributed by atoms with E-state index in [-0.39, 0.29) is 25.0 Å². The molecule has 0 radical (unpaired) electrons. The van der Waals surface area contributed by atoms with E-state index in [2.05, 4.69) is 0 Å². The molecule has 0 saturated heterocycles. The van der Waals surface area contributed by atoms with Crippen LogP contribution in [0.4, 0.5) is 0 Å². The zero-order valence-electron chi connectivity index (χ0n) is 7.15. The van der Waals surface area contributed by atoms with Gasteiger partial charge in [-0.25, -0.2) is 4.79 Å². The SMILES string of the molecule is COCO[C@@H]1C=CC(=O)O[C@H]1C. The molecule has 0 saturated carbocycles. The third-order valence-electron chi connectivity index (χ3n) is 1.57. The molecule has 12 heavy (non-hydrogen) atoms. The summed E-state index contributed by atoms with van der Waals surface area (Å²) in [5.74, 6) is -0.320. The lowest BCUT2D eigenvalue weighted by Gasteiger charge is -2.23. The summed E-state index contributed by atoms with van der Waals surface area (Å²) in [6.45, 7) is 1.98. The van der Waals surface area contributed by atoms with Crippen molar-refractivity contribution in [2.45, 2.75) is 19.1 Å². The smallest absolute Gasteiger partial charge is 0.330 e. The van der Waals surface area contributed by atoms with Crippen LogP contribution in [0.25, 0.3) is 0 Å². The normalized spacial score (nSPS) is 28.7. The number of carbonyl (C=O) groups is 1. The van der Waals surface area contributed by atoms with E-state index in [4.69, 9.17) is 14.2 Å². The van der Waals surface area contributed by atoms with E-state index in [9.17, 15) is 4.79 Å². The number of hydrogen-bond acceptors (Lipinski definition) is 4. The molecule has 68 valence electrons. The minimum Gasteiger partial charge on any atom is -0.456 e. The molecule has 1 heterocycles. The van der Waals surface area contributed by atoms with Crippen LogP contribution in [0.3, 0.4) is 0 Å². The van der Waals surface area contributed by atoms with Gasteiger partial charge in [0.2, 0.25) is 0 Å². The first kappa shape index (κ1) is 9.22. The Morgan fingerprint density at radius 1 is 1.67 bits per heavy atom. The molecule has 2 atom stereocenters. The largest absolute Gasteiger partial charge is 0.456 e. The summed E-state index contributed by atoms with van der Waals surface area (Å²) in [6, 6.07) is 0. The van der Waals surface area contributed by atoms with Gasteiger partial charge in [0.25, 0.3) is 0 Å². The van der Waals surface area contributed by atoms with Gasteiger partial charge in [-0.05, 0) is 13.0 Å². The fraction of sp³-hybridized carbons (Fsp3) is 0.625. The molecule has 0 spiro atoms. The first-order chi connectivity index (χ1) is 5.74. The summed E-state index contributed by atoms with van der Waals surface area (Å²) in [5, 5.41) is 0. The third-order valence-corrected chi connectivity index (χ3v) is 1.57.